The molecule has 0 atom stereocenters. The smallest absolute Gasteiger partial charge is 0.142 e. The van der Waals surface area contributed by atoms with E-state index in [2.05, 4.69) is 42.5 Å². The highest BCUT2D eigenvalue weighted by atomic mass is 16.3. The molecule has 1 heteroatoms. The van der Waals surface area contributed by atoms with Gasteiger partial charge in [-0.05, 0) is 17.7 Å². The van der Waals surface area contributed by atoms with Gasteiger partial charge in [0, 0.05) is 16.5 Å². The molecule has 110 valence electrons. The average molecular weight is 296 g/mol. The number of rotatable bonds is 3. The van der Waals surface area contributed by atoms with Crippen LogP contribution in [0.2, 0.25) is 0 Å². The molecule has 0 N–H and O–H groups in total. The zero-order valence-electron chi connectivity index (χ0n) is 12.6. The fraction of sp³-hybridized carbons (Fsp3) is 0. The van der Waals surface area contributed by atoms with E-state index in [1.165, 1.54) is 5.56 Å². The van der Waals surface area contributed by atoms with Gasteiger partial charge in [-0.3, -0.25) is 0 Å². The highest BCUT2D eigenvalue weighted by Gasteiger charge is 2.13. The van der Waals surface area contributed by atoms with Crippen molar-refractivity contribution in [2.75, 3.05) is 0 Å². The Labute approximate surface area is 135 Å². The minimum Gasteiger partial charge on any atom is -0.455 e. The van der Waals surface area contributed by atoms with Crippen molar-refractivity contribution in [3.05, 3.63) is 96.1 Å². The van der Waals surface area contributed by atoms with Gasteiger partial charge in [0.05, 0.1) is 0 Å². The third-order valence-corrected chi connectivity index (χ3v) is 3.91. The van der Waals surface area contributed by atoms with Gasteiger partial charge in [0.2, 0.25) is 0 Å². The molecule has 0 aliphatic rings. The second kappa shape index (κ2) is 5.98. The topological polar surface area (TPSA) is 13.1 Å². The first-order chi connectivity index (χ1) is 11.4. The number of hydrogen-bond donors (Lipinski definition) is 0. The Bertz CT molecular complexity index is 947. The van der Waals surface area contributed by atoms with Gasteiger partial charge in [0.1, 0.15) is 11.3 Å². The lowest BCUT2D eigenvalue weighted by molar-refractivity contribution is 0.631. The monoisotopic (exact) mass is 296 g/mol. The first kappa shape index (κ1) is 13.6. The molecule has 4 aromatic rings. The Balaban J connectivity index is 1.88. The summed E-state index contributed by atoms with van der Waals surface area (Å²) < 4.78 is 6.12. The van der Waals surface area contributed by atoms with E-state index in [4.69, 9.17) is 4.42 Å². The maximum absolute atomic E-state index is 6.12. The molecule has 1 heterocycles. The summed E-state index contributed by atoms with van der Waals surface area (Å²) in [6.45, 7) is 0. The largest absolute Gasteiger partial charge is 0.455 e. The first-order valence-electron chi connectivity index (χ1n) is 7.72. The van der Waals surface area contributed by atoms with E-state index in [9.17, 15) is 0 Å². The van der Waals surface area contributed by atoms with E-state index in [0.717, 1.165) is 27.9 Å². The molecule has 0 aliphatic heterocycles. The van der Waals surface area contributed by atoms with Crippen LogP contribution < -0.4 is 0 Å². The van der Waals surface area contributed by atoms with Crippen molar-refractivity contribution in [1.82, 2.24) is 0 Å². The van der Waals surface area contributed by atoms with Gasteiger partial charge in [-0.2, -0.15) is 0 Å². The third-order valence-electron chi connectivity index (χ3n) is 3.91. The van der Waals surface area contributed by atoms with Gasteiger partial charge in [0.15, 0.2) is 0 Å². The van der Waals surface area contributed by atoms with Crippen molar-refractivity contribution in [1.29, 1.82) is 0 Å². The van der Waals surface area contributed by atoms with Crippen molar-refractivity contribution < 1.29 is 4.42 Å². The minimum absolute atomic E-state index is 0.916. The molecular weight excluding hydrogens is 280 g/mol. The predicted octanol–water partition coefficient (Wildman–Crippen LogP) is 6.27. The van der Waals surface area contributed by atoms with E-state index >= 15 is 0 Å². The van der Waals surface area contributed by atoms with Gasteiger partial charge in [-0.1, -0.05) is 84.9 Å². The minimum atomic E-state index is 0.916. The van der Waals surface area contributed by atoms with E-state index < -0.39 is 0 Å². The summed E-state index contributed by atoms with van der Waals surface area (Å²) in [6, 6.07) is 28.7. The highest BCUT2D eigenvalue weighted by molar-refractivity contribution is 5.96. The van der Waals surface area contributed by atoms with Crippen LogP contribution in [0.4, 0.5) is 0 Å². The summed E-state index contributed by atoms with van der Waals surface area (Å²) in [6.07, 6.45) is 4.27. The summed E-state index contributed by atoms with van der Waals surface area (Å²) in [7, 11) is 0. The molecule has 23 heavy (non-hydrogen) atoms. The molecule has 0 amide bonds. The Kier molecular flexibility index (Phi) is 3.53. The average Bonchev–Trinajstić information content (AvgIpc) is 3.00. The molecule has 4 rings (SSSR count). The Morgan fingerprint density at radius 2 is 1.26 bits per heavy atom. The Morgan fingerprint density at radius 3 is 2.04 bits per heavy atom. The van der Waals surface area contributed by atoms with Crippen molar-refractivity contribution in [2.24, 2.45) is 0 Å². The zero-order valence-corrected chi connectivity index (χ0v) is 12.6. The molecule has 1 aromatic heterocycles. The lowest BCUT2D eigenvalue weighted by Gasteiger charge is -1.99. The van der Waals surface area contributed by atoms with Crippen LogP contribution in [0.25, 0.3) is 34.4 Å². The SMILES string of the molecule is C(=C\c1c(-c2ccccc2)oc2ccccc12)/c1ccccc1. The summed E-state index contributed by atoms with van der Waals surface area (Å²) in [5, 5.41) is 1.14. The second-order valence-electron chi connectivity index (χ2n) is 5.45. The second-order valence-corrected chi connectivity index (χ2v) is 5.45. The Hall–Kier alpha value is -3.06. The van der Waals surface area contributed by atoms with Crippen LogP contribution >= 0.6 is 0 Å². The van der Waals surface area contributed by atoms with Gasteiger partial charge in [0.25, 0.3) is 0 Å². The fourth-order valence-corrected chi connectivity index (χ4v) is 2.78. The number of furan rings is 1. The van der Waals surface area contributed by atoms with E-state index in [-0.39, 0.29) is 0 Å². The van der Waals surface area contributed by atoms with E-state index in [0.29, 0.717) is 0 Å². The molecule has 0 saturated carbocycles. The summed E-state index contributed by atoms with van der Waals surface area (Å²) in [5.41, 5.74) is 4.31. The first-order valence-corrected chi connectivity index (χ1v) is 7.72. The molecule has 0 fully saturated rings. The molecule has 0 saturated heterocycles. The van der Waals surface area contributed by atoms with Gasteiger partial charge in [-0.25, -0.2) is 0 Å². The lowest BCUT2D eigenvalue weighted by Crippen LogP contribution is -1.78. The molecule has 0 spiro atoms. The third kappa shape index (κ3) is 2.69. The number of para-hydroxylation sites is 1. The van der Waals surface area contributed by atoms with Crippen LogP contribution in [0, 0.1) is 0 Å². The molecule has 0 bridgehead atoms. The molecule has 0 aliphatic carbocycles. The van der Waals surface area contributed by atoms with Crippen LogP contribution in [-0.2, 0) is 0 Å². The van der Waals surface area contributed by atoms with E-state index in [1.807, 2.05) is 54.6 Å². The fourth-order valence-electron chi connectivity index (χ4n) is 2.78. The number of hydrogen-bond acceptors (Lipinski definition) is 1. The van der Waals surface area contributed by atoms with Crippen molar-refractivity contribution in [3.8, 4) is 11.3 Å². The highest BCUT2D eigenvalue weighted by Crippen LogP contribution is 2.34. The predicted molar refractivity (Wildman–Crippen MR) is 97.0 cm³/mol. The maximum Gasteiger partial charge on any atom is 0.142 e. The van der Waals surface area contributed by atoms with Crippen molar-refractivity contribution >= 4 is 23.1 Å². The van der Waals surface area contributed by atoms with Crippen molar-refractivity contribution in [2.45, 2.75) is 0 Å². The van der Waals surface area contributed by atoms with Crippen molar-refractivity contribution in [3.63, 3.8) is 0 Å². The molecule has 1 nitrogen and oxygen atoms in total. The van der Waals surface area contributed by atoms with Gasteiger partial charge >= 0.3 is 0 Å². The van der Waals surface area contributed by atoms with Crippen LogP contribution in [0.3, 0.4) is 0 Å². The standard InChI is InChI=1S/C22H16O/c1-3-9-17(10-4-1)15-16-20-19-13-7-8-14-21(19)23-22(20)18-11-5-2-6-12-18/h1-16H/b16-15+. The normalized spacial score (nSPS) is 11.3. The van der Waals surface area contributed by atoms with Crippen LogP contribution in [-0.4, -0.2) is 0 Å². The van der Waals surface area contributed by atoms with Crippen LogP contribution in [0.15, 0.2) is 89.3 Å². The molecule has 0 radical (unpaired) electrons. The molecule has 0 unspecified atom stereocenters. The summed E-state index contributed by atoms with van der Waals surface area (Å²) in [4.78, 5) is 0. The van der Waals surface area contributed by atoms with Gasteiger partial charge < -0.3 is 4.42 Å². The summed E-state index contributed by atoms with van der Waals surface area (Å²) in [5.74, 6) is 0.916. The lowest BCUT2D eigenvalue weighted by atomic mass is 10.0. The van der Waals surface area contributed by atoms with Gasteiger partial charge in [-0.15, -0.1) is 0 Å². The zero-order chi connectivity index (χ0) is 15.5. The van der Waals surface area contributed by atoms with E-state index in [1.54, 1.807) is 0 Å². The Morgan fingerprint density at radius 1 is 0.609 bits per heavy atom. The molecule has 3 aromatic carbocycles. The number of fused-ring (bicyclic) bond motifs is 1. The molecular formula is C22H16O. The maximum atomic E-state index is 6.12. The van der Waals surface area contributed by atoms with Crippen LogP contribution in [0.5, 0.6) is 0 Å². The number of benzene rings is 3. The summed E-state index contributed by atoms with van der Waals surface area (Å²) >= 11 is 0. The quantitative estimate of drug-likeness (QED) is 0.434. The van der Waals surface area contributed by atoms with Crippen LogP contribution in [0.1, 0.15) is 11.1 Å².